The predicted molar refractivity (Wildman–Crippen MR) is 247 cm³/mol. The van der Waals surface area contributed by atoms with Crippen LogP contribution in [0.15, 0.2) is 182 Å². The van der Waals surface area contributed by atoms with E-state index in [1.54, 1.807) is 0 Å². The van der Waals surface area contributed by atoms with Gasteiger partial charge >= 0.3 is 0 Å². The molecule has 0 aromatic heterocycles. The van der Waals surface area contributed by atoms with Gasteiger partial charge in [0.05, 0.1) is 0 Å². The van der Waals surface area contributed by atoms with Gasteiger partial charge in [-0.05, 0) is 121 Å². The van der Waals surface area contributed by atoms with E-state index in [9.17, 15) is 0 Å². The highest BCUT2D eigenvalue weighted by Crippen LogP contribution is 2.54. The first-order chi connectivity index (χ1) is 28.3. The molecular weight excluding hydrogens is 697 g/mol. The first kappa shape index (κ1) is 33.4. The molecule has 0 saturated heterocycles. The second-order valence-corrected chi connectivity index (χ2v) is 17.6. The maximum absolute atomic E-state index is 2.35. The van der Waals surface area contributed by atoms with Crippen LogP contribution in [0.5, 0.6) is 0 Å². The molecule has 12 rings (SSSR count). The maximum Gasteiger partial charge on any atom is 0.0159 e. The molecule has 0 heterocycles. The van der Waals surface area contributed by atoms with Gasteiger partial charge in [-0.25, -0.2) is 0 Å². The Hall–Kier alpha value is -6.76. The van der Waals surface area contributed by atoms with Gasteiger partial charge in [-0.2, -0.15) is 0 Å². The number of hydrogen-bond acceptors (Lipinski definition) is 0. The van der Waals surface area contributed by atoms with Crippen LogP contribution in [0.3, 0.4) is 0 Å². The molecule has 0 unspecified atom stereocenters. The van der Waals surface area contributed by atoms with Gasteiger partial charge in [0.25, 0.3) is 0 Å². The standard InChI is InChI=1S/C58H42/c1-57(2)49-15-7-5-11-47(49)55-43(13-9-17-51(55)57)37-23-19-35(20-24-37)41-31-27-39-30-34-46-42(32-28-40-29-33-45(41)53(39)54(40)46)36-21-25-38(26-22-36)44-14-10-18-52-56(44)48-12-6-8-16-50(48)58(52,3)4/h5-34H,1-4H3. The van der Waals surface area contributed by atoms with E-state index in [1.807, 2.05) is 0 Å². The van der Waals surface area contributed by atoms with Gasteiger partial charge in [0.1, 0.15) is 0 Å². The Morgan fingerprint density at radius 2 is 0.586 bits per heavy atom. The van der Waals surface area contributed by atoms with E-state index in [0.717, 1.165) is 0 Å². The predicted octanol–water partition coefficient (Wildman–Crippen LogP) is 15.9. The fourth-order valence-electron chi connectivity index (χ4n) is 11.0. The van der Waals surface area contributed by atoms with Crippen molar-refractivity contribution in [3.8, 4) is 66.8 Å². The normalized spacial score (nSPS) is 14.5. The molecule has 0 radical (unpaired) electrons. The van der Waals surface area contributed by atoms with Gasteiger partial charge in [0, 0.05) is 10.8 Å². The summed E-state index contributed by atoms with van der Waals surface area (Å²) < 4.78 is 0. The second kappa shape index (κ2) is 11.9. The van der Waals surface area contributed by atoms with Crippen molar-refractivity contribution in [2.45, 2.75) is 38.5 Å². The second-order valence-electron chi connectivity index (χ2n) is 17.6. The van der Waals surface area contributed by atoms with E-state index in [2.05, 4.69) is 210 Å². The van der Waals surface area contributed by atoms with Crippen LogP contribution < -0.4 is 0 Å². The van der Waals surface area contributed by atoms with Crippen LogP contribution in [-0.2, 0) is 10.8 Å². The van der Waals surface area contributed by atoms with E-state index in [0.29, 0.717) is 0 Å². The van der Waals surface area contributed by atoms with E-state index < -0.39 is 0 Å². The zero-order valence-electron chi connectivity index (χ0n) is 33.3. The molecule has 0 saturated carbocycles. The first-order valence-electron chi connectivity index (χ1n) is 20.7. The Morgan fingerprint density at radius 1 is 0.259 bits per heavy atom. The molecule has 10 aromatic carbocycles. The van der Waals surface area contributed by atoms with E-state index >= 15 is 0 Å². The fourth-order valence-corrected chi connectivity index (χ4v) is 11.0. The molecule has 0 nitrogen and oxygen atoms in total. The molecule has 0 fully saturated rings. The maximum atomic E-state index is 2.35. The first-order valence-corrected chi connectivity index (χ1v) is 20.7. The summed E-state index contributed by atoms with van der Waals surface area (Å²) in [5.41, 5.74) is 21.2. The number of hydrogen-bond donors (Lipinski definition) is 0. The minimum absolute atomic E-state index is 0.0136. The Labute approximate surface area is 340 Å². The van der Waals surface area contributed by atoms with Gasteiger partial charge in [-0.3, -0.25) is 0 Å². The molecule has 0 spiro atoms. The molecule has 2 aliphatic rings. The quantitative estimate of drug-likeness (QED) is 0.158. The minimum atomic E-state index is -0.0136. The van der Waals surface area contributed by atoms with Crippen LogP contribution in [0.25, 0.3) is 99.1 Å². The van der Waals surface area contributed by atoms with Crippen molar-refractivity contribution in [1.29, 1.82) is 0 Å². The zero-order valence-corrected chi connectivity index (χ0v) is 33.3. The lowest BCUT2D eigenvalue weighted by molar-refractivity contribution is 0.660. The third-order valence-corrected chi connectivity index (χ3v) is 13.9. The third kappa shape index (κ3) is 4.52. The SMILES string of the molecule is CC1(C)c2ccccc2-c2c(-c3ccc(-c4ccc5ccc6c(-c7ccc(-c8cccc9c8-c8ccccc8C9(C)C)cc7)ccc7ccc4c5c76)cc3)cccc21. The molecule has 0 amide bonds. The average Bonchev–Trinajstić information content (AvgIpc) is 3.65. The Bertz CT molecular complexity index is 3080. The van der Waals surface area contributed by atoms with Crippen LogP contribution in [0.2, 0.25) is 0 Å². The third-order valence-electron chi connectivity index (χ3n) is 13.9. The monoisotopic (exact) mass is 738 g/mol. The van der Waals surface area contributed by atoms with Crippen molar-refractivity contribution in [2.24, 2.45) is 0 Å². The Balaban J connectivity index is 0.938. The smallest absolute Gasteiger partial charge is 0.0159 e. The van der Waals surface area contributed by atoms with Gasteiger partial charge in [-0.1, -0.05) is 210 Å². The fraction of sp³-hybridized carbons (Fsp3) is 0.103. The van der Waals surface area contributed by atoms with Crippen LogP contribution in [-0.4, -0.2) is 0 Å². The van der Waals surface area contributed by atoms with Crippen molar-refractivity contribution in [2.75, 3.05) is 0 Å². The topological polar surface area (TPSA) is 0 Å². The van der Waals surface area contributed by atoms with Crippen LogP contribution in [0.1, 0.15) is 49.9 Å². The summed E-state index contributed by atoms with van der Waals surface area (Å²) in [5.74, 6) is 0. The average molecular weight is 739 g/mol. The minimum Gasteiger partial charge on any atom is -0.0619 e. The van der Waals surface area contributed by atoms with Crippen molar-refractivity contribution >= 4 is 32.3 Å². The molecule has 0 atom stereocenters. The highest BCUT2D eigenvalue weighted by molar-refractivity contribution is 6.27. The molecule has 274 valence electrons. The summed E-state index contributed by atoms with van der Waals surface area (Å²) in [5, 5.41) is 7.85. The largest absolute Gasteiger partial charge is 0.0619 e. The van der Waals surface area contributed by atoms with E-state index in [1.165, 1.54) is 121 Å². The van der Waals surface area contributed by atoms with Crippen LogP contribution >= 0.6 is 0 Å². The highest BCUT2D eigenvalue weighted by atomic mass is 14.4. The summed E-state index contributed by atoms with van der Waals surface area (Å²) in [6.07, 6.45) is 0. The molecule has 0 aliphatic heterocycles. The van der Waals surface area contributed by atoms with Gasteiger partial charge in [-0.15, -0.1) is 0 Å². The van der Waals surface area contributed by atoms with Crippen molar-refractivity contribution in [3.05, 3.63) is 204 Å². The molecule has 10 aromatic rings. The molecule has 58 heavy (non-hydrogen) atoms. The van der Waals surface area contributed by atoms with E-state index in [4.69, 9.17) is 0 Å². The number of benzene rings is 10. The molecular formula is C58H42. The lowest BCUT2D eigenvalue weighted by atomic mass is 9.82. The van der Waals surface area contributed by atoms with Crippen molar-refractivity contribution < 1.29 is 0 Å². The summed E-state index contributed by atoms with van der Waals surface area (Å²) in [4.78, 5) is 0. The molecule has 0 bridgehead atoms. The van der Waals surface area contributed by atoms with Gasteiger partial charge < -0.3 is 0 Å². The summed E-state index contributed by atoms with van der Waals surface area (Å²) in [6, 6.07) is 68.7. The van der Waals surface area contributed by atoms with E-state index in [-0.39, 0.29) is 10.8 Å². The molecule has 0 N–H and O–H groups in total. The van der Waals surface area contributed by atoms with Gasteiger partial charge in [0.15, 0.2) is 0 Å². The highest BCUT2D eigenvalue weighted by Gasteiger charge is 2.37. The lowest BCUT2D eigenvalue weighted by Crippen LogP contribution is -2.14. The van der Waals surface area contributed by atoms with Crippen LogP contribution in [0, 0.1) is 0 Å². The Morgan fingerprint density at radius 3 is 1.00 bits per heavy atom. The number of fused-ring (bicyclic) bond motifs is 6. The van der Waals surface area contributed by atoms with Crippen LogP contribution in [0.4, 0.5) is 0 Å². The molecule has 0 heteroatoms. The molecule has 2 aliphatic carbocycles. The number of rotatable bonds is 4. The van der Waals surface area contributed by atoms with Crippen molar-refractivity contribution in [1.82, 2.24) is 0 Å². The summed E-state index contributed by atoms with van der Waals surface area (Å²) in [7, 11) is 0. The van der Waals surface area contributed by atoms with Gasteiger partial charge in [0.2, 0.25) is 0 Å². The summed E-state index contributed by atoms with van der Waals surface area (Å²) in [6.45, 7) is 9.42. The summed E-state index contributed by atoms with van der Waals surface area (Å²) >= 11 is 0. The lowest BCUT2D eigenvalue weighted by Gasteiger charge is -2.21. The zero-order chi connectivity index (χ0) is 38.9. The van der Waals surface area contributed by atoms with Crippen molar-refractivity contribution in [3.63, 3.8) is 0 Å². The Kier molecular flexibility index (Phi) is 6.84.